The lowest BCUT2D eigenvalue weighted by Crippen LogP contribution is -2.05. The first-order valence-corrected chi connectivity index (χ1v) is 9.02. The van der Waals surface area contributed by atoms with Gasteiger partial charge in [-0.1, -0.05) is 59.1 Å². The van der Waals surface area contributed by atoms with Crippen LogP contribution in [0, 0.1) is 0 Å². The first-order valence-electron chi connectivity index (χ1n) is 7.89. The Morgan fingerprint density at radius 2 is 1.81 bits per heavy atom. The minimum atomic E-state index is 0.489. The fourth-order valence-corrected chi connectivity index (χ4v) is 3.38. The Hall–Kier alpha value is -2.27. The van der Waals surface area contributed by atoms with Crippen LogP contribution in [0.25, 0.3) is 16.8 Å². The number of benzene rings is 2. The summed E-state index contributed by atoms with van der Waals surface area (Å²) in [6.07, 6.45) is 3.48. The maximum absolute atomic E-state index is 6.36. The van der Waals surface area contributed by atoms with Gasteiger partial charge in [0.15, 0.2) is 5.65 Å². The van der Waals surface area contributed by atoms with Gasteiger partial charge in [0.2, 0.25) is 0 Å². The molecule has 0 bridgehead atoms. The molecule has 0 aliphatic rings. The quantitative estimate of drug-likeness (QED) is 0.456. The third kappa shape index (κ3) is 3.23. The molecule has 1 N–H and O–H groups in total. The van der Waals surface area contributed by atoms with Crippen molar-refractivity contribution in [1.82, 2.24) is 14.6 Å². The van der Waals surface area contributed by atoms with Crippen LogP contribution in [0.5, 0.6) is 0 Å². The molecule has 26 heavy (non-hydrogen) atoms. The van der Waals surface area contributed by atoms with Crippen molar-refractivity contribution < 1.29 is 0 Å². The van der Waals surface area contributed by atoms with Crippen LogP contribution < -0.4 is 5.32 Å². The van der Waals surface area contributed by atoms with Crippen LogP contribution >= 0.6 is 34.8 Å². The molecule has 0 saturated carbocycles. The molecule has 0 spiro atoms. The van der Waals surface area contributed by atoms with E-state index in [1.165, 1.54) is 0 Å². The minimum absolute atomic E-state index is 0.489. The molecule has 2 heterocycles. The van der Waals surface area contributed by atoms with Crippen LogP contribution in [0.3, 0.4) is 0 Å². The van der Waals surface area contributed by atoms with E-state index >= 15 is 0 Å². The zero-order valence-electron chi connectivity index (χ0n) is 13.5. The van der Waals surface area contributed by atoms with Gasteiger partial charge >= 0.3 is 0 Å². The van der Waals surface area contributed by atoms with E-state index in [0.717, 1.165) is 22.5 Å². The van der Waals surface area contributed by atoms with Crippen molar-refractivity contribution in [2.75, 3.05) is 5.32 Å². The van der Waals surface area contributed by atoms with E-state index in [4.69, 9.17) is 34.8 Å². The molecule has 130 valence electrons. The highest BCUT2D eigenvalue weighted by Crippen LogP contribution is 2.35. The van der Waals surface area contributed by atoms with Crippen LogP contribution in [0.4, 0.5) is 5.82 Å². The van der Waals surface area contributed by atoms with Gasteiger partial charge in [-0.3, -0.25) is 0 Å². The number of fused-ring (bicyclic) bond motifs is 1. The van der Waals surface area contributed by atoms with Gasteiger partial charge in [0, 0.05) is 28.9 Å². The summed E-state index contributed by atoms with van der Waals surface area (Å²) in [7, 11) is 0. The molecule has 0 aliphatic heterocycles. The number of aromatic nitrogens is 3. The van der Waals surface area contributed by atoms with E-state index in [1.54, 1.807) is 23.0 Å². The van der Waals surface area contributed by atoms with Crippen LogP contribution in [-0.2, 0) is 6.54 Å². The maximum Gasteiger partial charge on any atom is 0.165 e. The molecule has 2 aromatic carbocycles. The first kappa shape index (κ1) is 17.2. The van der Waals surface area contributed by atoms with Gasteiger partial charge in [0.25, 0.3) is 0 Å². The number of anilines is 1. The standard InChI is InChI=1S/C19H13Cl3N4/c20-13-4-1-3-12(9-13)10-24-17-7-8-23-19-15(11-25-26(17)19)14-5-2-6-16(21)18(14)22/h1-9,11,24H,10H2. The lowest BCUT2D eigenvalue weighted by atomic mass is 10.1. The lowest BCUT2D eigenvalue weighted by Gasteiger charge is -2.09. The second-order valence-electron chi connectivity index (χ2n) is 5.71. The SMILES string of the molecule is Clc1cccc(CNc2ccnc3c(-c4cccc(Cl)c4Cl)cnn23)c1. The molecule has 0 fully saturated rings. The summed E-state index contributed by atoms with van der Waals surface area (Å²) in [5.74, 6) is 0.819. The third-order valence-electron chi connectivity index (χ3n) is 4.01. The molecular formula is C19H13Cl3N4. The van der Waals surface area contributed by atoms with E-state index in [1.807, 2.05) is 42.5 Å². The lowest BCUT2D eigenvalue weighted by molar-refractivity contribution is 0.925. The molecule has 0 radical (unpaired) electrons. The van der Waals surface area contributed by atoms with Crippen molar-refractivity contribution in [3.05, 3.63) is 81.6 Å². The Balaban J connectivity index is 1.70. The highest BCUT2D eigenvalue weighted by atomic mass is 35.5. The summed E-state index contributed by atoms with van der Waals surface area (Å²) in [4.78, 5) is 4.46. The predicted octanol–water partition coefficient (Wildman–Crippen LogP) is 5.97. The van der Waals surface area contributed by atoms with Crippen molar-refractivity contribution >= 4 is 46.3 Å². The molecule has 0 amide bonds. The summed E-state index contributed by atoms with van der Waals surface area (Å²) >= 11 is 18.5. The summed E-state index contributed by atoms with van der Waals surface area (Å²) in [6.45, 7) is 0.618. The first-order chi connectivity index (χ1) is 12.6. The maximum atomic E-state index is 6.36. The third-order valence-corrected chi connectivity index (χ3v) is 5.06. The number of nitrogens with one attached hydrogen (secondary N) is 1. The van der Waals surface area contributed by atoms with Gasteiger partial charge in [-0.2, -0.15) is 9.61 Å². The smallest absolute Gasteiger partial charge is 0.165 e. The topological polar surface area (TPSA) is 42.2 Å². The summed E-state index contributed by atoms with van der Waals surface area (Å²) in [5.41, 5.74) is 3.40. The van der Waals surface area contributed by atoms with E-state index < -0.39 is 0 Å². The molecule has 0 aliphatic carbocycles. The molecule has 2 aromatic heterocycles. The number of rotatable bonds is 4. The van der Waals surface area contributed by atoms with Crippen LogP contribution in [0.15, 0.2) is 60.9 Å². The second-order valence-corrected chi connectivity index (χ2v) is 6.93. The molecule has 0 saturated heterocycles. The number of hydrogen-bond acceptors (Lipinski definition) is 3. The van der Waals surface area contributed by atoms with Crippen molar-refractivity contribution in [3.8, 4) is 11.1 Å². The van der Waals surface area contributed by atoms with Crippen molar-refractivity contribution in [3.63, 3.8) is 0 Å². The highest BCUT2D eigenvalue weighted by Gasteiger charge is 2.14. The number of nitrogens with zero attached hydrogens (tertiary/aromatic N) is 3. The fraction of sp³-hybridized carbons (Fsp3) is 0.0526. The Labute approximate surface area is 165 Å². The fourth-order valence-electron chi connectivity index (χ4n) is 2.77. The van der Waals surface area contributed by atoms with Crippen molar-refractivity contribution in [2.24, 2.45) is 0 Å². The second kappa shape index (κ2) is 7.16. The summed E-state index contributed by atoms with van der Waals surface area (Å²) in [5, 5.41) is 9.52. The summed E-state index contributed by atoms with van der Waals surface area (Å²) in [6, 6.07) is 15.1. The van der Waals surface area contributed by atoms with Gasteiger partial charge in [0.05, 0.1) is 16.2 Å². The Kier molecular flexibility index (Phi) is 4.72. The van der Waals surface area contributed by atoms with Crippen LogP contribution in [-0.4, -0.2) is 14.6 Å². The van der Waals surface area contributed by atoms with Gasteiger partial charge in [-0.05, 0) is 29.8 Å². The van der Waals surface area contributed by atoms with Crippen molar-refractivity contribution in [1.29, 1.82) is 0 Å². The van der Waals surface area contributed by atoms with Crippen LogP contribution in [0.1, 0.15) is 5.56 Å². The van der Waals surface area contributed by atoms with E-state index in [2.05, 4.69) is 15.4 Å². The molecule has 4 aromatic rings. The molecule has 0 unspecified atom stereocenters. The highest BCUT2D eigenvalue weighted by molar-refractivity contribution is 6.43. The monoisotopic (exact) mass is 402 g/mol. The molecule has 4 nitrogen and oxygen atoms in total. The van der Waals surface area contributed by atoms with Gasteiger partial charge in [-0.25, -0.2) is 4.98 Å². The Morgan fingerprint density at radius 1 is 0.962 bits per heavy atom. The zero-order valence-corrected chi connectivity index (χ0v) is 15.7. The summed E-state index contributed by atoms with van der Waals surface area (Å²) < 4.78 is 1.75. The molecule has 0 atom stereocenters. The van der Waals surface area contributed by atoms with E-state index in [0.29, 0.717) is 27.3 Å². The van der Waals surface area contributed by atoms with Crippen LogP contribution in [0.2, 0.25) is 15.1 Å². The normalized spacial score (nSPS) is 11.0. The Bertz CT molecular complexity index is 1090. The number of hydrogen-bond donors (Lipinski definition) is 1. The zero-order chi connectivity index (χ0) is 18.1. The van der Waals surface area contributed by atoms with E-state index in [-0.39, 0.29) is 0 Å². The number of halogens is 3. The average molecular weight is 404 g/mol. The van der Waals surface area contributed by atoms with E-state index in [9.17, 15) is 0 Å². The Morgan fingerprint density at radius 3 is 2.65 bits per heavy atom. The van der Waals surface area contributed by atoms with Gasteiger partial charge in [-0.15, -0.1) is 0 Å². The molecular weight excluding hydrogens is 391 g/mol. The van der Waals surface area contributed by atoms with Gasteiger partial charge < -0.3 is 5.32 Å². The van der Waals surface area contributed by atoms with Gasteiger partial charge in [0.1, 0.15) is 5.82 Å². The van der Waals surface area contributed by atoms with Crippen molar-refractivity contribution in [2.45, 2.75) is 6.54 Å². The predicted molar refractivity (Wildman–Crippen MR) is 107 cm³/mol. The average Bonchev–Trinajstić information content (AvgIpc) is 3.07. The molecule has 7 heteroatoms. The molecule has 4 rings (SSSR count). The largest absolute Gasteiger partial charge is 0.366 e. The minimum Gasteiger partial charge on any atom is -0.366 e.